The summed E-state index contributed by atoms with van der Waals surface area (Å²) >= 11 is 0. The lowest BCUT2D eigenvalue weighted by atomic mass is 10.1. The molecule has 0 amide bonds. The molecule has 0 bridgehead atoms. The Hall–Kier alpha value is -1.83. The first-order chi connectivity index (χ1) is 9.26. The average molecular weight is 257 g/mol. The molecule has 0 fully saturated rings. The molecule has 0 aromatic heterocycles. The molecule has 0 unspecified atom stereocenters. The maximum atomic E-state index is 5.42. The number of methoxy groups -OCH3 is 1. The van der Waals surface area contributed by atoms with Crippen LogP contribution < -0.4 is 0 Å². The maximum Gasteiger partial charge on any atom is 0.220 e. The lowest BCUT2D eigenvalue weighted by Crippen LogP contribution is -2.04. The Kier molecular flexibility index (Phi) is 6.65. The molecule has 0 atom stereocenters. The Bertz CT molecular complexity index is 469. The highest BCUT2D eigenvalue weighted by Crippen LogP contribution is 2.18. The first-order valence-corrected chi connectivity index (χ1v) is 6.80. The molecule has 0 aliphatic heterocycles. The van der Waals surface area contributed by atoms with Crippen molar-refractivity contribution in [3.63, 3.8) is 0 Å². The summed E-state index contributed by atoms with van der Waals surface area (Å²) in [5, 5.41) is 0. The van der Waals surface area contributed by atoms with Gasteiger partial charge in [0.15, 0.2) is 0 Å². The van der Waals surface area contributed by atoms with E-state index in [0.29, 0.717) is 5.90 Å². The van der Waals surface area contributed by atoms with Gasteiger partial charge in [0.2, 0.25) is 5.90 Å². The van der Waals surface area contributed by atoms with Crippen LogP contribution in [0, 0.1) is 0 Å². The maximum absolute atomic E-state index is 5.42. The molecule has 19 heavy (non-hydrogen) atoms. The summed E-state index contributed by atoms with van der Waals surface area (Å²) in [4.78, 5) is 4.66. The standard InChI is InChI=1S/C17H23NO/c1-5-11-14(6-2)16(7-3)18-17(19-4)15-12-9-8-10-13-15/h7-13H,5-6H2,1-4H3/b14-11+,16-7+,18-17?. The number of hydrogen-bond acceptors (Lipinski definition) is 2. The first kappa shape index (κ1) is 15.2. The number of ether oxygens (including phenoxy) is 1. The third-order valence-electron chi connectivity index (χ3n) is 2.87. The molecule has 0 saturated carbocycles. The lowest BCUT2D eigenvalue weighted by molar-refractivity contribution is 0.404. The number of hydrogen-bond donors (Lipinski definition) is 0. The van der Waals surface area contributed by atoms with Crippen LogP contribution in [0.1, 0.15) is 39.2 Å². The third-order valence-corrected chi connectivity index (χ3v) is 2.87. The molecule has 102 valence electrons. The second-order valence-corrected chi connectivity index (χ2v) is 4.15. The van der Waals surface area contributed by atoms with Gasteiger partial charge in [-0.2, -0.15) is 0 Å². The van der Waals surface area contributed by atoms with Gasteiger partial charge < -0.3 is 4.74 Å². The summed E-state index contributed by atoms with van der Waals surface area (Å²) in [5.74, 6) is 0.657. The molecule has 0 spiro atoms. The fourth-order valence-electron chi connectivity index (χ4n) is 1.92. The predicted octanol–water partition coefficient (Wildman–Crippen LogP) is 4.73. The van der Waals surface area contributed by atoms with Crippen molar-refractivity contribution in [2.75, 3.05) is 7.11 Å². The predicted molar refractivity (Wildman–Crippen MR) is 82.4 cm³/mol. The van der Waals surface area contributed by atoms with Gasteiger partial charge in [-0.05, 0) is 37.5 Å². The van der Waals surface area contributed by atoms with Gasteiger partial charge in [-0.25, -0.2) is 4.99 Å². The zero-order chi connectivity index (χ0) is 14.1. The quantitative estimate of drug-likeness (QED) is 0.424. The SMILES string of the molecule is C/C=C(N=C(OC)c1ccccc1)\C(=C\CC)CC. The molecule has 0 aliphatic rings. The van der Waals surface area contributed by atoms with E-state index < -0.39 is 0 Å². The second-order valence-electron chi connectivity index (χ2n) is 4.15. The van der Waals surface area contributed by atoms with E-state index in [0.717, 1.165) is 24.1 Å². The monoisotopic (exact) mass is 257 g/mol. The summed E-state index contributed by atoms with van der Waals surface area (Å²) in [6.07, 6.45) is 6.25. The fraction of sp³-hybridized carbons (Fsp3) is 0.353. The van der Waals surface area contributed by atoms with Gasteiger partial charge in [0, 0.05) is 5.56 Å². The van der Waals surface area contributed by atoms with E-state index >= 15 is 0 Å². The summed E-state index contributed by atoms with van der Waals surface area (Å²) in [7, 11) is 1.66. The van der Waals surface area contributed by atoms with Crippen molar-refractivity contribution in [2.24, 2.45) is 4.99 Å². The zero-order valence-corrected chi connectivity index (χ0v) is 12.3. The molecule has 0 radical (unpaired) electrons. The molecule has 0 saturated heterocycles. The topological polar surface area (TPSA) is 21.6 Å². The molecule has 1 rings (SSSR count). The summed E-state index contributed by atoms with van der Waals surface area (Å²) in [5.41, 5.74) is 3.25. The van der Waals surface area contributed by atoms with E-state index in [-0.39, 0.29) is 0 Å². The summed E-state index contributed by atoms with van der Waals surface area (Å²) in [6.45, 7) is 6.30. The van der Waals surface area contributed by atoms with Gasteiger partial charge in [-0.3, -0.25) is 0 Å². The smallest absolute Gasteiger partial charge is 0.220 e. The number of rotatable bonds is 5. The van der Waals surface area contributed by atoms with E-state index in [1.54, 1.807) is 7.11 Å². The van der Waals surface area contributed by atoms with Crippen LogP contribution in [0.5, 0.6) is 0 Å². The van der Waals surface area contributed by atoms with E-state index in [1.807, 2.05) is 43.3 Å². The van der Waals surface area contributed by atoms with Crippen LogP contribution in [0.4, 0.5) is 0 Å². The number of nitrogens with zero attached hydrogens (tertiary/aromatic N) is 1. The molecule has 0 aliphatic carbocycles. The Morgan fingerprint density at radius 1 is 1.21 bits per heavy atom. The van der Waals surface area contributed by atoms with E-state index in [2.05, 4.69) is 24.9 Å². The molecule has 2 nitrogen and oxygen atoms in total. The van der Waals surface area contributed by atoms with Gasteiger partial charge in [0.25, 0.3) is 0 Å². The van der Waals surface area contributed by atoms with E-state index in [9.17, 15) is 0 Å². The van der Waals surface area contributed by atoms with Gasteiger partial charge in [0.05, 0.1) is 12.8 Å². The van der Waals surface area contributed by atoms with Crippen molar-refractivity contribution in [2.45, 2.75) is 33.6 Å². The molecule has 1 aromatic rings. The van der Waals surface area contributed by atoms with Crippen LogP contribution in [0.15, 0.2) is 58.7 Å². The number of benzene rings is 1. The van der Waals surface area contributed by atoms with Crippen molar-refractivity contribution in [1.82, 2.24) is 0 Å². The minimum atomic E-state index is 0.657. The largest absolute Gasteiger partial charge is 0.481 e. The molecule has 2 heteroatoms. The Labute approximate surface area is 116 Å². The number of aliphatic imine (C=N–C) groups is 1. The van der Waals surface area contributed by atoms with E-state index in [1.165, 1.54) is 5.57 Å². The van der Waals surface area contributed by atoms with Gasteiger partial charge in [-0.1, -0.05) is 44.2 Å². The summed E-state index contributed by atoms with van der Waals surface area (Å²) in [6, 6.07) is 9.97. The molecule has 1 aromatic carbocycles. The van der Waals surface area contributed by atoms with Crippen molar-refractivity contribution in [3.8, 4) is 0 Å². The van der Waals surface area contributed by atoms with Crippen molar-refractivity contribution in [3.05, 3.63) is 59.3 Å². The highest BCUT2D eigenvalue weighted by atomic mass is 16.5. The van der Waals surface area contributed by atoms with Crippen LogP contribution in [0.2, 0.25) is 0 Å². The highest BCUT2D eigenvalue weighted by Gasteiger charge is 2.06. The van der Waals surface area contributed by atoms with Gasteiger partial charge >= 0.3 is 0 Å². The van der Waals surface area contributed by atoms with Crippen molar-refractivity contribution in [1.29, 1.82) is 0 Å². The molecule has 0 heterocycles. The molecule has 0 N–H and O–H groups in total. The van der Waals surface area contributed by atoms with Gasteiger partial charge in [0.1, 0.15) is 0 Å². The Morgan fingerprint density at radius 2 is 1.89 bits per heavy atom. The van der Waals surface area contributed by atoms with Crippen LogP contribution in [-0.2, 0) is 4.74 Å². The zero-order valence-electron chi connectivity index (χ0n) is 12.3. The van der Waals surface area contributed by atoms with Crippen LogP contribution >= 0.6 is 0 Å². The average Bonchev–Trinajstić information content (AvgIpc) is 2.47. The number of allylic oxidation sites excluding steroid dienone is 3. The van der Waals surface area contributed by atoms with E-state index in [4.69, 9.17) is 4.74 Å². The third kappa shape index (κ3) is 4.40. The normalized spacial score (nSPS) is 13.6. The molecular formula is C17H23NO. The summed E-state index contributed by atoms with van der Waals surface area (Å²) < 4.78 is 5.42. The highest BCUT2D eigenvalue weighted by molar-refractivity contribution is 5.94. The minimum absolute atomic E-state index is 0.657. The Morgan fingerprint density at radius 3 is 2.37 bits per heavy atom. The van der Waals surface area contributed by atoms with Crippen molar-refractivity contribution >= 4 is 5.90 Å². The minimum Gasteiger partial charge on any atom is -0.481 e. The second kappa shape index (κ2) is 8.30. The molecular weight excluding hydrogens is 234 g/mol. The van der Waals surface area contributed by atoms with Gasteiger partial charge in [-0.15, -0.1) is 0 Å². The van der Waals surface area contributed by atoms with Crippen molar-refractivity contribution < 1.29 is 4.74 Å². The lowest BCUT2D eigenvalue weighted by Gasteiger charge is -2.09. The fourth-order valence-corrected chi connectivity index (χ4v) is 1.92. The Balaban J connectivity index is 3.12. The van der Waals surface area contributed by atoms with Crippen LogP contribution in [-0.4, -0.2) is 13.0 Å². The van der Waals surface area contributed by atoms with Crippen LogP contribution in [0.3, 0.4) is 0 Å². The first-order valence-electron chi connectivity index (χ1n) is 6.80. The van der Waals surface area contributed by atoms with Crippen LogP contribution in [0.25, 0.3) is 0 Å².